The third-order valence-electron chi connectivity index (χ3n) is 4.46. The predicted molar refractivity (Wildman–Crippen MR) is 112 cm³/mol. The van der Waals surface area contributed by atoms with Gasteiger partial charge in [0, 0.05) is 16.3 Å². The highest BCUT2D eigenvalue weighted by Crippen LogP contribution is 2.40. The van der Waals surface area contributed by atoms with E-state index in [2.05, 4.69) is 10.3 Å². The summed E-state index contributed by atoms with van der Waals surface area (Å²) in [6, 6.07) is 5.07. The minimum atomic E-state index is -1.11. The summed E-state index contributed by atoms with van der Waals surface area (Å²) in [5.74, 6) is -1.43. The van der Waals surface area contributed by atoms with Gasteiger partial charge in [-0.15, -0.1) is 11.3 Å². The molecule has 28 heavy (non-hydrogen) atoms. The number of ether oxygens (including phenoxy) is 1. The van der Waals surface area contributed by atoms with E-state index in [0.717, 1.165) is 4.88 Å². The second-order valence-electron chi connectivity index (χ2n) is 6.22. The molecule has 1 heterocycles. The SMILES string of the molecule is CCOC(=O)C(CC)(CCC(=O)O)c1nc(Nc2ccc(Cl)cc2Cl)sc1C. The molecule has 1 aromatic carbocycles. The Labute approximate surface area is 177 Å². The molecule has 2 aromatic rings. The van der Waals surface area contributed by atoms with E-state index in [4.69, 9.17) is 33.0 Å². The maximum absolute atomic E-state index is 12.8. The van der Waals surface area contributed by atoms with Crippen LogP contribution in [0.15, 0.2) is 18.2 Å². The van der Waals surface area contributed by atoms with Crippen LogP contribution in [0.1, 0.15) is 43.7 Å². The van der Waals surface area contributed by atoms with E-state index in [1.807, 2.05) is 13.8 Å². The van der Waals surface area contributed by atoms with Crippen molar-refractivity contribution in [3.05, 3.63) is 38.8 Å². The van der Waals surface area contributed by atoms with Crippen LogP contribution < -0.4 is 5.32 Å². The molecule has 9 heteroatoms. The van der Waals surface area contributed by atoms with E-state index in [9.17, 15) is 9.59 Å². The maximum atomic E-state index is 12.8. The number of carboxylic acid groups (broad SMARTS) is 1. The molecule has 2 N–H and O–H groups in total. The van der Waals surface area contributed by atoms with Crippen LogP contribution >= 0.6 is 34.5 Å². The number of hydrogen-bond donors (Lipinski definition) is 2. The van der Waals surface area contributed by atoms with Crippen molar-refractivity contribution >= 4 is 57.3 Å². The Kier molecular flexibility index (Phi) is 7.69. The predicted octanol–water partition coefficient (Wildman–Crippen LogP) is 5.58. The molecule has 0 saturated carbocycles. The van der Waals surface area contributed by atoms with Crippen LogP contribution in [-0.2, 0) is 19.7 Å². The Morgan fingerprint density at radius 3 is 2.61 bits per heavy atom. The molecule has 0 radical (unpaired) electrons. The summed E-state index contributed by atoms with van der Waals surface area (Å²) >= 11 is 13.5. The number of halogens is 2. The molecule has 1 aromatic heterocycles. The number of nitrogens with one attached hydrogen (secondary N) is 1. The van der Waals surface area contributed by atoms with Gasteiger partial charge in [0.05, 0.1) is 23.0 Å². The molecule has 0 aliphatic carbocycles. The zero-order valence-electron chi connectivity index (χ0n) is 15.8. The Balaban J connectivity index is 2.43. The van der Waals surface area contributed by atoms with Gasteiger partial charge in [-0.25, -0.2) is 4.98 Å². The van der Waals surface area contributed by atoms with Gasteiger partial charge in [0.15, 0.2) is 5.13 Å². The standard InChI is InChI=1S/C19H22Cl2N2O4S/c1-4-19(9-8-15(24)25,17(26)27-5-2)16-11(3)28-18(23-16)22-14-7-6-12(20)10-13(14)21/h6-7,10H,4-5,8-9H2,1-3H3,(H,22,23)(H,24,25). The Morgan fingerprint density at radius 1 is 1.32 bits per heavy atom. The molecule has 6 nitrogen and oxygen atoms in total. The highest BCUT2D eigenvalue weighted by Gasteiger charge is 2.43. The summed E-state index contributed by atoms with van der Waals surface area (Å²) < 4.78 is 5.28. The van der Waals surface area contributed by atoms with Crippen LogP contribution in [0.2, 0.25) is 10.0 Å². The number of carbonyl (C=O) groups excluding carboxylic acids is 1. The van der Waals surface area contributed by atoms with Crippen LogP contribution in [0.5, 0.6) is 0 Å². The van der Waals surface area contributed by atoms with Gasteiger partial charge in [-0.05, 0) is 44.9 Å². The number of hydrogen-bond acceptors (Lipinski definition) is 6. The number of thiazole rings is 1. The molecular formula is C19H22Cl2N2O4S. The lowest BCUT2D eigenvalue weighted by molar-refractivity contribution is -0.151. The summed E-state index contributed by atoms with van der Waals surface area (Å²) in [6.07, 6.45) is 0.337. The summed E-state index contributed by atoms with van der Waals surface area (Å²) in [6.45, 7) is 5.62. The molecular weight excluding hydrogens is 423 g/mol. The van der Waals surface area contributed by atoms with Gasteiger partial charge in [0.2, 0.25) is 0 Å². The fourth-order valence-electron chi connectivity index (χ4n) is 3.00. The van der Waals surface area contributed by atoms with Gasteiger partial charge in [0.25, 0.3) is 0 Å². The van der Waals surface area contributed by atoms with Crippen LogP contribution in [0, 0.1) is 6.92 Å². The number of aryl methyl sites for hydroxylation is 1. The summed E-state index contributed by atoms with van der Waals surface area (Å²) in [5, 5.41) is 13.8. The van der Waals surface area contributed by atoms with Crippen molar-refractivity contribution in [1.29, 1.82) is 0 Å². The van der Waals surface area contributed by atoms with E-state index in [0.29, 0.717) is 33.0 Å². The molecule has 152 valence electrons. The van der Waals surface area contributed by atoms with Crippen molar-refractivity contribution in [3.63, 3.8) is 0 Å². The van der Waals surface area contributed by atoms with Crippen molar-refractivity contribution < 1.29 is 19.4 Å². The number of benzene rings is 1. The molecule has 0 aliphatic heterocycles. The number of aromatic nitrogens is 1. The zero-order chi connectivity index (χ0) is 20.9. The van der Waals surface area contributed by atoms with Crippen molar-refractivity contribution in [1.82, 2.24) is 4.98 Å². The lowest BCUT2D eigenvalue weighted by atomic mass is 9.77. The van der Waals surface area contributed by atoms with Gasteiger partial charge in [-0.1, -0.05) is 30.1 Å². The number of carbonyl (C=O) groups is 2. The van der Waals surface area contributed by atoms with Crippen molar-refractivity contribution in [3.8, 4) is 0 Å². The Hall–Kier alpha value is -1.83. The van der Waals surface area contributed by atoms with Gasteiger partial charge in [-0.3, -0.25) is 9.59 Å². The smallest absolute Gasteiger partial charge is 0.318 e. The van der Waals surface area contributed by atoms with Crippen molar-refractivity contribution in [2.75, 3.05) is 11.9 Å². The monoisotopic (exact) mass is 444 g/mol. The topological polar surface area (TPSA) is 88.5 Å². The van der Waals surface area contributed by atoms with Gasteiger partial charge in [-0.2, -0.15) is 0 Å². The van der Waals surface area contributed by atoms with E-state index in [1.165, 1.54) is 11.3 Å². The molecule has 0 aliphatic rings. The number of esters is 1. The lowest BCUT2D eigenvalue weighted by Crippen LogP contribution is -2.38. The van der Waals surface area contributed by atoms with Crippen LogP contribution in [0.3, 0.4) is 0 Å². The highest BCUT2D eigenvalue weighted by atomic mass is 35.5. The van der Waals surface area contributed by atoms with Gasteiger partial charge < -0.3 is 15.2 Å². The largest absolute Gasteiger partial charge is 0.481 e. The summed E-state index contributed by atoms with van der Waals surface area (Å²) in [5.41, 5.74) is 0.0565. The number of carboxylic acids is 1. The minimum Gasteiger partial charge on any atom is -0.481 e. The third kappa shape index (κ3) is 4.96. The first-order valence-corrected chi connectivity index (χ1v) is 10.4. The van der Waals surface area contributed by atoms with Crippen molar-refractivity contribution in [2.24, 2.45) is 0 Å². The molecule has 0 spiro atoms. The number of aliphatic carboxylic acids is 1. The normalized spacial score (nSPS) is 13.0. The van der Waals surface area contributed by atoms with Crippen molar-refractivity contribution in [2.45, 2.75) is 45.4 Å². The summed E-state index contributed by atoms with van der Waals surface area (Å²) in [7, 11) is 0. The highest BCUT2D eigenvalue weighted by molar-refractivity contribution is 7.15. The number of rotatable bonds is 9. The molecule has 0 saturated heterocycles. The first-order chi connectivity index (χ1) is 13.2. The molecule has 2 rings (SSSR count). The quantitative estimate of drug-likeness (QED) is 0.490. The van der Waals surface area contributed by atoms with Gasteiger partial charge in [0.1, 0.15) is 5.41 Å². The number of nitrogens with zero attached hydrogens (tertiary/aromatic N) is 1. The fourth-order valence-corrected chi connectivity index (χ4v) is 4.38. The molecule has 0 bridgehead atoms. The van der Waals surface area contributed by atoms with Crippen LogP contribution in [0.25, 0.3) is 0 Å². The average molecular weight is 445 g/mol. The van der Waals surface area contributed by atoms with Crippen LogP contribution in [-0.4, -0.2) is 28.6 Å². The minimum absolute atomic E-state index is 0.114. The first-order valence-electron chi connectivity index (χ1n) is 8.82. The second kappa shape index (κ2) is 9.58. The number of anilines is 2. The van der Waals surface area contributed by atoms with Crippen LogP contribution in [0.4, 0.5) is 10.8 Å². The van der Waals surface area contributed by atoms with E-state index < -0.39 is 17.4 Å². The maximum Gasteiger partial charge on any atom is 0.318 e. The summed E-state index contributed by atoms with van der Waals surface area (Å²) in [4.78, 5) is 29.4. The molecule has 1 unspecified atom stereocenters. The van der Waals surface area contributed by atoms with E-state index in [-0.39, 0.29) is 19.4 Å². The van der Waals surface area contributed by atoms with E-state index in [1.54, 1.807) is 25.1 Å². The first kappa shape index (κ1) is 22.5. The molecule has 1 atom stereocenters. The molecule has 0 fully saturated rings. The third-order valence-corrected chi connectivity index (χ3v) is 5.89. The second-order valence-corrected chi connectivity index (χ2v) is 8.27. The van der Waals surface area contributed by atoms with Gasteiger partial charge >= 0.3 is 11.9 Å². The zero-order valence-corrected chi connectivity index (χ0v) is 18.2. The average Bonchev–Trinajstić information content (AvgIpc) is 2.99. The molecule has 0 amide bonds. The Bertz CT molecular complexity index is 872. The fraction of sp³-hybridized carbons (Fsp3) is 0.421. The van der Waals surface area contributed by atoms with E-state index >= 15 is 0 Å². The lowest BCUT2D eigenvalue weighted by Gasteiger charge is -2.29. The Morgan fingerprint density at radius 2 is 2.04 bits per heavy atom.